The van der Waals surface area contributed by atoms with Gasteiger partial charge in [-0.15, -0.1) is 10.2 Å². The van der Waals surface area contributed by atoms with E-state index in [1.54, 1.807) is 0 Å². The maximum absolute atomic E-state index is 13.2. The van der Waals surface area contributed by atoms with Gasteiger partial charge in [-0.1, -0.05) is 28.4 Å². The van der Waals surface area contributed by atoms with E-state index in [1.165, 1.54) is 30.7 Å². The zero-order valence-electron chi connectivity index (χ0n) is 18.4. The number of nitrogens with one attached hydrogen (secondary N) is 1. The zero-order chi connectivity index (χ0) is 25.1. The molecule has 4 heterocycles. The van der Waals surface area contributed by atoms with Crippen LogP contribution >= 0.6 is 23.2 Å². The Labute approximate surface area is 212 Å². The number of nitrogens with zero attached hydrogens (tertiary/aromatic N) is 6. The van der Waals surface area contributed by atoms with Gasteiger partial charge in [-0.25, -0.2) is 13.8 Å². The van der Waals surface area contributed by atoms with Crippen molar-refractivity contribution in [2.45, 2.75) is 31.4 Å². The first-order chi connectivity index (χ1) is 17.3. The molecule has 186 valence electrons. The van der Waals surface area contributed by atoms with Crippen LogP contribution in [0.4, 0.5) is 20.4 Å². The van der Waals surface area contributed by atoms with Crippen molar-refractivity contribution in [3.8, 4) is 5.69 Å². The molecule has 6 rings (SSSR count). The van der Waals surface area contributed by atoms with E-state index in [0.717, 1.165) is 17.4 Å². The molecule has 2 fully saturated rings. The van der Waals surface area contributed by atoms with Crippen LogP contribution in [0.3, 0.4) is 0 Å². The second-order valence-corrected chi connectivity index (χ2v) is 9.60. The van der Waals surface area contributed by atoms with Gasteiger partial charge in [0.15, 0.2) is 11.6 Å². The number of aromatic nitrogens is 5. The van der Waals surface area contributed by atoms with E-state index < -0.39 is 12.2 Å². The van der Waals surface area contributed by atoms with E-state index in [0.29, 0.717) is 34.0 Å². The second-order valence-electron chi connectivity index (χ2n) is 8.78. The molecule has 1 amide bonds. The van der Waals surface area contributed by atoms with Crippen LogP contribution in [0.25, 0.3) is 16.7 Å². The van der Waals surface area contributed by atoms with Gasteiger partial charge in [0.25, 0.3) is 12.3 Å². The first kappa shape index (κ1) is 22.9. The highest BCUT2D eigenvalue weighted by Gasteiger charge is 2.49. The molecule has 14 heteroatoms. The Morgan fingerprint density at radius 3 is 2.86 bits per heavy atom. The Morgan fingerprint density at radius 2 is 2.08 bits per heavy atom. The summed E-state index contributed by atoms with van der Waals surface area (Å²) in [5.74, 6) is 0.0975. The molecule has 2 bridgehead atoms. The minimum atomic E-state index is -2.81. The van der Waals surface area contributed by atoms with Gasteiger partial charge in [-0.2, -0.15) is 0 Å². The van der Waals surface area contributed by atoms with Gasteiger partial charge in [0.2, 0.25) is 11.4 Å². The number of anilines is 2. The van der Waals surface area contributed by atoms with Gasteiger partial charge < -0.3 is 20.5 Å². The average molecular weight is 535 g/mol. The number of hydrogen-bond donors (Lipinski definition) is 2. The lowest BCUT2D eigenvalue weighted by molar-refractivity contribution is 0.0932. The van der Waals surface area contributed by atoms with E-state index in [2.05, 4.69) is 30.6 Å². The van der Waals surface area contributed by atoms with E-state index >= 15 is 0 Å². The van der Waals surface area contributed by atoms with Crippen LogP contribution < -0.4 is 16.0 Å². The Hall–Kier alpha value is -3.51. The van der Waals surface area contributed by atoms with Crippen LogP contribution in [0.5, 0.6) is 0 Å². The van der Waals surface area contributed by atoms with Crippen molar-refractivity contribution < 1.29 is 18.1 Å². The minimum Gasteiger partial charge on any atom is -0.380 e. The summed E-state index contributed by atoms with van der Waals surface area (Å²) in [4.78, 5) is 19.7. The predicted molar refractivity (Wildman–Crippen MR) is 128 cm³/mol. The lowest BCUT2D eigenvalue weighted by Gasteiger charge is -2.28. The smallest absolute Gasteiger partial charge is 0.297 e. The summed E-state index contributed by atoms with van der Waals surface area (Å²) in [6, 6.07) is 4.28. The number of pyridine rings is 1. The van der Waals surface area contributed by atoms with Crippen molar-refractivity contribution in [1.29, 1.82) is 0 Å². The van der Waals surface area contributed by atoms with Crippen molar-refractivity contribution in [1.82, 2.24) is 30.2 Å². The number of fused-ring (bicyclic) bond motifs is 3. The molecule has 1 aromatic carbocycles. The summed E-state index contributed by atoms with van der Waals surface area (Å²) < 4.78 is 32.9. The minimum absolute atomic E-state index is 0.0224. The van der Waals surface area contributed by atoms with E-state index in [1.807, 2.05) is 0 Å². The maximum atomic E-state index is 13.2. The first-order valence-corrected chi connectivity index (χ1v) is 11.8. The Kier molecular flexibility index (Phi) is 5.45. The van der Waals surface area contributed by atoms with Gasteiger partial charge in [0, 0.05) is 12.7 Å². The summed E-state index contributed by atoms with van der Waals surface area (Å²) in [5, 5.41) is 14.9. The second kappa shape index (κ2) is 8.56. The lowest BCUT2D eigenvalue weighted by atomic mass is 10.1. The largest absolute Gasteiger partial charge is 0.380 e. The summed E-state index contributed by atoms with van der Waals surface area (Å²) in [6.45, 7) is 0.663. The quantitative estimate of drug-likeness (QED) is 0.392. The third-order valence-corrected chi connectivity index (χ3v) is 7.46. The molecule has 1 aliphatic heterocycles. The Morgan fingerprint density at radius 1 is 1.25 bits per heavy atom. The van der Waals surface area contributed by atoms with E-state index in [4.69, 9.17) is 33.5 Å². The molecule has 36 heavy (non-hydrogen) atoms. The lowest BCUT2D eigenvalue weighted by Crippen LogP contribution is -2.44. The molecular formula is C22H18Cl2F2N8O2. The van der Waals surface area contributed by atoms with Crippen molar-refractivity contribution in [3.63, 3.8) is 0 Å². The molecule has 3 atom stereocenters. The van der Waals surface area contributed by atoms with Crippen LogP contribution in [0.1, 0.15) is 35.4 Å². The highest BCUT2D eigenvalue weighted by molar-refractivity contribution is 6.36. The number of carbonyl (C=O) groups excluding carboxylic acids is 1. The molecule has 3 N–H and O–H groups in total. The zero-order valence-corrected chi connectivity index (χ0v) is 19.9. The maximum Gasteiger partial charge on any atom is 0.297 e. The molecule has 3 aromatic heterocycles. The number of alkyl halides is 2. The predicted octanol–water partition coefficient (Wildman–Crippen LogP) is 4.03. The topological polar surface area (TPSA) is 128 Å². The fourth-order valence-electron chi connectivity index (χ4n) is 5.25. The molecule has 2 aliphatic rings. The third kappa shape index (κ3) is 3.54. The summed E-state index contributed by atoms with van der Waals surface area (Å²) in [5.41, 5.74) is 6.88. The number of nitrogen functional groups attached to an aromatic ring is 1. The average Bonchev–Trinajstić information content (AvgIpc) is 3.63. The molecule has 1 saturated carbocycles. The Balaban J connectivity index is 1.24. The molecule has 10 nitrogen and oxygen atoms in total. The standard InChI is InChI=1S/C22H18Cl2F2N8O2/c23-12-5-10(34-8-29-31-21(34)18(25)26)2-3-11(12)22(35)30-16-9-1-4-14(16)33(7-9)20-17-15(13(24)6-28-20)19(27)32-36-17/h2-3,5-6,8-9,14,16,18H,1,4,7H2,(H2,27,32)(H,30,35)/t9-,14-,16+/m0/s1. The Bertz CT molecular complexity index is 1490. The number of benzene rings is 1. The fraction of sp³-hybridized carbons (Fsp3) is 0.318. The van der Waals surface area contributed by atoms with Crippen LogP contribution in [0.15, 0.2) is 35.2 Å². The molecule has 0 radical (unpaired) electrons. The molecule has 1 aliphatic carbocycles. The van der Waals surface area contributed by atoms with Crippen LogP contribution in [0.2, 0.25) is 10.0 Å². The third-order valence-electron chi connectivity index (χ3n) is 6.86. The number of amides is 1. The number of halogens is 4. The van der Waals surface area contributed by atoms with Crippen molar-refractivity contribution in [2.24, 2.45) is 5.92 Å². The van der Waals surface area contributed by atoms with Gasteiger partial charge >= 0.3 is 0 Å². The van der Waals surface area contributed by atoms with Crippen LogP contribution in [-0.2, 0) is 0 Å². The highest BCUT2D eigenvalue weighted by Crippen LogP contribution is 2.43. The summed E-state index contributed by atoms with van der Waals surface area (Å²) in [7, 11) is 0. The first-order valence-electron chi connectivity index (χ1n) is 11.1. The van der Waals surface area contributed by atoms with Crippen molar-refractivity contribution in [3.05, 3.63) is 52.2 Å². The molecular weight excluding hydrogens is 517 g/mol. The van der Waals surface area contributed by atoms with Crippen LogP contribution in [0, 0.1) is 5.92 Å². The van der Waals surface area contributed by atoms with Gasteiger partial charge in [0.05, 0.1) is 38.8 Å². The van der Waals surface area contributed by atoms with Crippen molar-refractivity contribution in [2.75, 3.05) is 17.2 Å². The number of rotatable bonds is 5. The van der Waals surface area contributed by atoms with E-state index in [-0.39, 0.29) is 40.3 Å². The van der Waals surface area contributed by atoms with Crippen LogP contribution in [-0.4, -0.2) is 49.4 Å². The number of carbonyl (C=O) groups is 1. The molecule has 0 unspecified atom stereocenters. The van der Waals surface area contributed by atoms with Gasteiger partial charge in [0.1, 0.15) is 6.33 Å². The molecule has 0 spiro atoms. The fourth-order valence-corrected chi connectivity index (χ4v) is 5.74. The number of nitrogens with two attached hydrogens (primary N) is 1. The molecule has 1 saturated heterocycles. The van der Waals surface area contributed by atoms with Gasteiger partial charge in [-0.3, -0.25) is 9.36 Å². The normalized spacial score (nSPS) is 21.1. The summed E-state index contributed by atoms with van der Waals surface area (Å²) in [6.07, 6.45) is 1.67. The SMILES string of the molecule is Nc1noc2c(N3C[C@@H]4CC[C@H]3[C@@H]4NC(=O)c3ccc(-n4cnnc4C(F)F)cc3Cl)ncc(Cl)c12. The number of piperidine rings is 1. The number of hydrogen-bond acceptors (Lipinski definition) is 8. The highest BCUT2D eigenvalue weighted by atomic mass is 35.5. The monoisotopic (exact) mass is 534 g/mol. The van der Waals surface area contributed by atoms with E-state index in [9.17, 15) is 13.6 Å². The van der Waals surface area contributed by atoms with Crippen molar-refractivity contribution >= 4 is 51.7 Å². The molecule has 4 aromatic rings. The summed E-state index contributed by atoms with van der Waals surface area (Å²) >= 11 is 12.6. The van der Waals surface area contributed by atoms with Gasteiger partial charge in [-0.05, 0) is 37.0 Å².